The second-order valence-corrected chi connectivity index (χ2v) is 11.1. The number of amides is 1. The Labute approximate surface area is 208 Å². The third-order valence-electron chi connectivity index (χ3n) is 6.66. The Kier molecular flexibility index (Phi) is 6.39. The van der Waals surface area contributed by atoms with Crippen LogP contribution in [-0.4, -0.2) is 76.4 Å². The van der Waals surface area contributed by atoms with Crippen molar-refractivity contribution < 1.29 is 9.53 Å². The van der Waals surface area contributed by atoms with Crippen molar-refractivity contribution >= 4 is 29.4 Å². The van der Waals surface area contributed by atoms with E-state index >= 15 is 0 Å². The van der Waals surface area contributed by atoms with Crippen LogP contribution in [0, 0.1) is 0 Å². The Hall–Kier alpha value is -2.26. The second-order valence-electron chi connectivity index (χ2n) is 8.84. The number of hydrogen-bond donors (Lipinski definition) is 0. The molecule has 4 heterocycles. The summed E-state index contributed by atoms with van der Waals surface area (Å²) in [6.07, 6.45) is 0. The SMILES string of the molecule is O=C(c1nn(-c2cccc(CN3CCSCC3)c2)c2c1CSc1ccccc1-2)N1CCOCC1. The highest BCUT2D eigenvalue weighted by Crippen LogP contribution is 2.43. The lowest BCUT2D eigenvalue weighted by Gasteiger charge is -2.26. The molecule has 0 spiro atoms. The van der Waals surface area contributed by atoms with E-state index in [0.717, 1.165) is 47.9 Å². The first kappa shape index (κ1) is 22.2. The molecule has 2 aromatic carbocycles. The first-order valence-electron chi connectivity index (χ1n) is 11.9. The minimum Gasteiger partial charge on any atom is -0.378 e. The van der Waals surface area contributed by atoms with Crippen LogP contribution in [-0.2, 0) is 17.0 Å². The predicted molar refractivity (Wildman–Crippen MR) is 138 cm³/mol. The van der Waals surface area contributed by atoms with Crippen LogP contribution in [0.15, 0.2) is 53.4 Å². The molecule has 0 bridgehead atoms. The van der Waals surface area contributed by atoms with Crippen molar-refractivity contribution in [3.63, 3.8) is 0 Å². The standard InChI is InChI=1S/C26H28N4O2S2/c31-26(29-8-12-32-13-9-29)24-22-18-34-23-7-2-1-6-21(23)25(22)30(27-24)20-5-3-4-19(16-20)17-28-10-14-33-15-11-28/h1-7,16H,8-15,17-18H2. The summed E-state index contributed by atoms with van der Waals surface area (Å²) in [6.45, 7) is 5.63. The number of thioether (sulfide) groups is 2. The maximum atomic E-state index is 13.5. The number of fused-ring (bicyclic) bond motifs is 3. The number of hydrogen-bond acceptors (Lipinski definition) is 6. The Morgan fingerprint density at radius 1 is 1.00 bits per heavy atom. The van der Waals surface area contributed by atoms with Gasteiger partial charge in [-0.3, -0.25) is 9.69 Å². The highest BCUT2D eigenvalue weighted by Gasteiger charge is 2.32. The zero-order valence-corrected chi connectivity index (χ0v) is 20.7. The van der Waals surface area contributed by atoms with Crippen molar-refractivity contribution in [1.29, 1.82) is 0 Å². The molecule has 0 saturated carbocycles. The summed E-state index contributed by atoms with van der Waals surface area (Å²) in [6, 6.07) is 17.1. The number of carbonyl (C=O) groups is 1. The van der Waals surface area contributed by atoms with Gasteiger partial charge in [0.2, 0.25) is 0 Å². The molecular formula is C26H28N4O2S2. The summed E-state index contributed by atoms with van der Waals surface area (Å²) in [5, 5.41) is 4.98. The molecule has 6 nitrogen and oxygen atoms in total. The first-order valence-corrected chi connectivity index (χ1v) is 14.0. The second kappa shape index (κ2) is 9.77. The van der Waals surface area contributed by atoms with Gasteiger partial charge in [-0.05, 0) is 23.8 Å². The normalized spacial score (nSPS) is 18.4. The minimum atomic E-state index is 0.0141. The van der Waals surface area contributed by atoms with Gasteiger partial charge in [0.1, 0.15) is 0 Å². The van der Waals surface area contributed by atoms with Gasteiger partial charge < -0.3 is 9.64 Å². The van der Waals surface area contributed by atoms with Crippen LogP contribution in [0.25, 0.3) is 16.9 Å². The molecule has 3 aromatic rings. The summed E-state index contributed by atoms with van der Waals surface area (Å²) in [4.78, 5) is 19.2. The van der Waals surface area contributed by atoms with Gasteiger partial charge in [-0.2, -0.15) is 16.9 Å². The molecule has 3 aliphatic heterocycles. The molecule has 0 aliphatic carbocycles. The van der Waals surface area contributed by atoms with Crippen molar-refractivity contribution in [2.24, 2.45) is 0 Å². The molecule has 2 fully saturated rings. The third-order valence-corrected chi connectivity index (χ3v) is 8.71. The number of rotatable bonds is 4. The Morgan fingerprint density at radius 2 is 1.82 bits per heavy atom. The zero-order valence-electron chi connectivity index (χ0n) is 19.1. The Bertz CT molecular complexity index is 1200. The Morgan fingerprint density at radius 3 is 2.68 bits per heavy atom. The van der Waals surface area contributed by atoms with E-state index in [-0.39, 0.29) is 5.91 Å². The highest BCUT2D eigenvalue weighted by atomic mass is 32.2. The molecule has 6 rings (SSSR count). The topological polar surface area (TPSA) is 50.6 Å². The van der Waals surface area contributed by atoms with E-state index in [9.17, 15) is 4.79 Å². The van der Waals surface area contributed by atoms with E-state index in [1.165, 1.54) is 22.0 Å². The van der Waals surface area contributed by atoms with Crippen molar-refractivity contribution in [2.75, 3.05) is 50.9 Å². The van der Waals surface area contributed by atoms with Gasteiger partial charge in [-0.25, -0.2) is 4.68 Å². The van der Waals surface area contributed by atoms with Gasteiger partial charge in [0.05, 0.1) is 24.6 Å². The fourth-order valence-corrected chi connectivity index (χ4v) is 6.93. The quantitative estimate of drug-likeness (QED) is 0.545. The number of ether oxygens (including phenoxy) is 1. The van der Waals surface area contributed by atoms with E-state index in [0.29, 0.717) is 32.0 Å². The van der Waals surface area contributed by atoms with Crippen LogP contribution in [0.3, 0.4) is 0 Å². The van der Waals surface area contributed by atoms with E-state index in [1.54, 1.807) is 11.8 Å². The number of aromatic nitrogens is 2. The van der Waals surface area contributed by atoms with Gasteiger partial charge in [0, 0.05) is 66.0 Å². The Balaban J connectivity index is 1.42. The van der Waals surface area contributed by atoms with Crippen LogP contribution >= 0.6 is 23.5 Å². The average molecular weight is 493 g/mol. The van der Waals surface area contributed by atoms with E-state index < -0.39 is 0 Å². The average Bonchev–Trinajstić information content (AvgIpc) is 3.30. The summed E-state index contributed by atoms with van der Waals surface area (Å²) < 4.78 is 7.48. The fourth-order valence-electron chi connectivity index (χ4n) is 4.88. The molecular weight excluding hydrogens is 464 g/mol. The van der Waals surface area contributed by atoms with Gasteiger partial charge in [0.15, 0.2) is 5.69 Å². The zero-order chi connectivity index (χ0) is 22.9. The van der Waals surface area contributed by atoms with Crippen LogP contribution in [0.2, 0.25) is 0 Å². The summed E-state index contributed by atoms with van der Waals surface area (Å²) >= 11 is 3.82. The molecule has 1 aromatic heterocycles. The molecule has 34 heavy (non-hydrogen) atoms. The lowest BCUT2D eigenvalue weighted by Crippen LogP contribution is -2.41. The van der Waals surface area contributed by atoms with Crippen molar-refractivity contribution in [1.82, 2.24) is 19.6 Å². The number of benzene rings is 2. The maximum absolute atomic E-state index is 13.5. The summed E-state index contributed by atoms with van der Waals surface area (Å²) in [7, 11) is 0. The van der Waals surface area contributed by atoms with Crippen LogP contribution in [0.5, 0.6) is 0 Å². The van der Waals surface area contributed by atoms with Crippen molar-refractivity contribution in [3.8, 4) is 16.9 Å². The number of carbonyl (C=O) groups excluding carboxylic acids is 1. The molecule has 176 valence electrons. The monoisotopic (exact) mass is 492 g/mol. The molecule has 0 N–H and O–H groups in total. The molecule has 0 atom stereocenters. The number of morpholine rings is 1. The lowest BCUT2D eigenvalue weighted by atomic mass is 10.0. The molecule has 3 aliphatic rings. The van der Waals surface area contributed by atoms with E-state index in [1.807, 2.05) is 21.3 Å². The highest BCUT2D eigenvalue weighted by molar-refractivity contribution is 7.99. The van der Waals surface area contributed by atoms with Crippen LogP contribution in [0.4, 0.5) is 0 Å². The fraction of sp³-hybridized carbons (Fsp3) is 0.385. The van der Waals surface area contributed by atoms with Crippen LogP contribution in [0.1, 0.15) is 21.6 Å². The molecule has 8 heteroatoms. The van der Waals surface area contributed by atoms with Crippen LogP contribution < -0.4 is 0 Å². The molecule has 0 unspecified atom stereocenters. The van der Waals surface area contributed by atoms with Crippen molar-refractivity contribution in [3.05, 3.63) is 65.4 Å². The molecule has 1 amide bonds. The van der Waals surface area contributed by atoms with Gasteiger partial charge in [-0.1, -0.05) is 30.3 Å². The predicted octanol–water partition coefficient (Wildman–Crippen LogP) is 4.17. The van der Waals surface area contributed by atoms with E-state index in [4.69, 9.17) is 9.84 Å². The summed E-state index contributed by atoms with van der Waals surface area (Å²) in [5.74, 6) is 3.17. The van der Waals surface area contributed by atoms with Gasteiger partial charge >= 0.3 is 0 Å². The van der Waals surface area contributed by atoms with Crippen molar-refractivity contribution in [2.45, 2.75) is 17.2 Å². The summed E-state index contributed by atoms with van der Waals surface area (Å²) in [5.41, 5.74) is 6.13. The first-order chi connectivity index (χ1) is 16.8. The number of nitrogens with zero attached hydrogens (tertiary/aromatic N) is 4. The maximum Gasteiger partial charge on any atom is 0.274 e. The molecule has 2 saturated heterocycles. The smallest absolute Gasteiger partial charge is 0.274 e. The minimum absolute atomic E-state index is 0.0141. The van der Waals surface area contributed by atoms with Gasteiger partial charge in [-0.15, -0.1) is 11.8 Å². The van der Waals surface area contributed by atoms with Gasteiger partial charge in [0.25, 0.3) is 5.91 Å². The largest absolute Gasteiger partial charge is 0.378 e. The lowest BCUT2D eigenvalue weighted by molar-refractivity contribution is 0.0298. The third kappa shape index (κ3) is 4.28. The van der Waals surface area contributed by atoms with E-state index in [2.05, 4.69) is 53.4 Å². The molecule has 0 radical (unpaired) electrons.